The van der Waals surface area contributed by atoms with Crippen LogP contribution in [0.25, 0.3) is 0 Å². The van der Waals surface area contributed by atoms with Crippen molar-refractivity contribution in [3.63, 3.8) is 0 Å². The topological polar surface area (TPSA) is 83.5 Å². The van der Waals surface area contributed by atoms with E-state index in [0.29, 0.717) is 0 Å². The third-order valence-electron chi connectivity index (χ3n) is 2.20. The molecule has 0 radical (unpaired) electrons. The Kier molecular flexibility index (Phi) is 5.51. The molecular weight excluding hydrogens is 254 g/mol. The number of rotatable bonds is 6. The fourth-order valence-corrected chi connectivity index (χ4v) is 2.70. The van der Waals surface area contributed by atoms with Crippen molar-refractivity contribution in [3.05, 3.63) is 35.9 Å². The van der Waals surface area contributed by atoms with Gasteiger partial charge < -0.3 is 10.4 Å². The fraction of sp³-hybridized carbons (Fsp3) is 0.333. The maximum absolute atomic E-state index is 11.8. The Morgan fingerprint density at radius 1 is 1.33 bits per heavy atom. The van der Waals surface area contributed by atoms with Crippen molar-refractivity contribution < 1.29 is 18.9 Å². The van der Waals surface area contributed by atoms with Gasteiger partial charge in [0, 0.05) is 23.5 Å². The summed E-state index contributed by atoms with van der Waals surface area (Å²) >= 11 is 0. The van der Waals surface area contributed by atoms with E-state index < -0.39 is 28.7 Å². The largest absolute Gasteiger partial charge is 0.480 e. The second-order valence-electron chi connectivity index (χ2n) is 3.83. The molecule has 18 heavy (non-hydrogen) atoms. The first-order valence-electron chi connectivity index (χ1n) is 5.38. The molecule has 0 fully saturated rings. The molecule has 0 aliphatic carbocycles. The van der Waals surface area contributed by atoms with Crippen LogP contribution < -0.4 is 5.32 Å². The van der Waals surface area contributed by atoms with Crippen molar-refractivity contribution >= 4 is 22.7 Å². The monoisotopic (exact) mass is 269 g/mol. The Morgan fingerprint density at radius 2 is 1.94 bits per heavy atom. The second kappa shape index (κ2) is 6.90. The molecule has 0 aromatic heterocycles. The van der Waals surface area contributed by atoms with E-state index in [4.69, 9.17) is 5.11 Å². The van der Waals surface area contributed by atoms with E-state index in [1.54, 1.807) is 0 Å². The van der Waals surface area contributed by atoms with E-state index in [0.717, 1.165) is 5.56 Å². The highest BCUT2D eigenvalue weighted by Gasteiger charge is 2.21. The Hall–Kier alpha value is -1.69. The highest BCUT2D eigenvalue weighted by Crippen LogP contribution is 2.04. The average molecular weight is 269 g/mol. The summed E-state index contributed by atoms with van der Waals surface area (Å²) in [7, 11) is -1.33. The van der Waals surface area contributed by atoms with E-state index in [2.05, 4.69) is 5.32 Å². The summed E-state index contributed by atoms with van der Waals surface area (Å²) in [5, 5.41) is 11.2. The Morgan fingerprint density at radius 3 is 2.44 bits per heavy atom. The summed E-state index contributed by atoms with van der Waals surface area (Å²) in [6.45, 7) is 1.23. The molecule has 0 aliphatic heterocycles. The lowest BCUT2D eigenvalue weighted by Gasteiger charge is -2.12. The lowest BCUT2D eigenvalue weighted by molar-refractivity contribution is -0.140. The van der Waals surface area contributed by atoms with Crippen molar-refractivity contribution in [2.45, 2.75) is 18.7 Å². The smallest absolute Gasteiger partial charge is 0.327 e. The molecule has 98 valence electrons. The maximum atomic E-state index is 11.8. The van der Waals surface area contributed by atoms with Gasteiger partial charge in [-0.2, -0.15) is 0 Å². The molecule has 0 aliphatic rings. The molecule has 1 unspecified atom stereocenters. The molecule has 1 rings (SSSR count). The van der Waals surface area contributed by atoms with Crippen LogP contribution in [0.3, 0.4) is 0 Å². The van der Waals surface area contributed by atoms with E-state index in [1.807, 2.05) is 30.3 Å². The molecule has 2 atom stereocenters. The third kappa shape index (κ3) is 5.09. The molecule has 1 aromatic carbocycles. The van der Waals surface area contributed by atoms with Crippen LogP contribution in [0.1, 0.15) is 12.5 Å². The zero-order valence-corrected chi connectivity index (χ0v) is 10.8. The van der Waals surface area contributed by atoms with Crippen molar-refractivity contribution in [1.82, 2.24) is 5.32 Å². The standard InChI is InChI=1S/C12H15NO4S/c1-9(14)13-11(12(15)16)8-18(17)7-10-5-3-2-4-6-10/h2-6,11H,7-8H2,1H3,(H,13,14)(H,15,16)/t11-,18?/m1/s1. The lowest BCUT2D eigenvalue weighted by atomic mass is 10.2. The van der Waals surface area contributed by atoms with Crippen LogP contribution in [0, 0.1) is 0 Å². The highest BCUT2D eigenvalue weighted by atomic mass is 32.2. The van der Waals surface area contributed by atoms with Crippen LogP contribution in [0.2, 0.25) is 0 Å². The summed E-state index contributed by atoms with van der Waals surface area (Å²) in [5.41, 5.74) is 0.878. The number of carboxylic acid groups (broad SMARTS) is 1. The highest BCUT2D eigenvalue weighted by molar-refractivity contribution is 7.84. The fourth-order valence-electron chi connectivity index (χ4n) is 1.42. The van der Waals surface area contributed by atoms with Crippen LogP contribution in [0.5, 0.6) is 0 Å². The lowest BCUT2D eigenvalue weighted by Crippen LogP contribution is -2.43. The van der Waals surface area contributed by atoms with Gasteiger partial charge in [0.25, 0.3) is 0 Å². The summed E-state index contributed by atoms with van der Waals surface area (Å²) in [4.78, 5) is 21.7. The van der Waals surface area contributed by atoms with Gasteiger partial charge in [0.2, 0.25) is 5.91 Å². The van der Waals surface area contributed by atoms with Crippen LogP contribution in [-0.2, 0) is 26.1 Å². The molecule has 0 heterocycles. The van der Waals surface area contributed by atoms with E-state index >= 15 is 0 Å². The number of benzene rings is 1. The van der Waals surface area contributed by atoms with Gasteiger partial charge in [-0.1, -0.05) is 30.3 Å². The number of amides is 1. The van der Waals surface area contributed by atoms with Crippen molar-refractivity contribution in [3.8, 4) is 0 Å². The quantitative estimate of drug-likeness (QED) is 0.789. The van der Waals surface area contributed by atoms with Crippen molar-refractivity contribution in [1.29, 1.82) is 0 Å². The number of aliphatic carboxylic acids is 1. The molecule has 6 heteroatoms. The van der Waals surface area contributed by atoms with Gasteiger partial charge in [0.05, 0.1) is 5.75 Å². The SMILES string of the molecule is CC(=O)N[C@H](CS(=O)Cc1ccccc1)C(=O)O. The minimum atomic E-state index is -1.33. The molecule has 0 saturated heterocycles. The molecule has 1 aromatic rings. The van der Waals surface area contributed by atoms with Gasteiger partial charge in [-0.15, -0.1) is 0 Å². The summed E-state index contributed by atoms with van der Waals surface area (Å²) in [6, 6.07) is 8.05. The molecule has 1 amide bonds. The third-order valence-corrected chi connectivity index (χ3v) is 3.56. The van der Waals surface area contributed by atoms with E-state index in [1.165, 1.54) is 6.92 Å². The molecule has 2 N–H and O–H groups in total. The Labute approximate surface area is 108 Å². The van der Waals surface area contributed by atoms with Crippen LogP contribution in [0.4, 0.5) is 0 Å². The van der Waals surface area contributed by atoms with Gasteiger partial charge in [-0.3, -0.25) is 9.00 Å². The summed E-state index contributed by atoms with van der Waals surface area (Å²) in [5.74, 6) is -1.43. The second-order valence-corrected chi connectivity index (χ2v) is 5.33. The number of carboxylic acids is 1. The van der Waals surface area contributed by atoms with Crippen molar-refractivity contribution in [2.24, 2.45) is 0 Å². The van der Waals surface area contributed by atoms with Crippen molar-refractivity contribution in [2.75, 3.05) is 5.75 Å². The zero-order valence-electron chi connectivity index (χ0n) is 9.96. The Bertz CT molecular complexity index is 447. The summed E-state index contributed by atoms with van der Waals surface area (Å²) < 4.78 is 11.8. The molecule has 0 spiro atoms. The first-order valence-corrected chi connectivity index (χ1v) is 6.86. The number of nitrogens with one attached hydrogen (secondary N) is 1. The number of carbonyl (C=O) groups excluding carboxylic acids is 1. The minimum Gasteiger partial charge on any atom is -0.480 e. The van der Waals surface area contributed by atoms with Gasteiger partial charge in [-0.25, -0.2) is 4.79 Å². The van der Waals surface area contributed by atoms with E-state index in [9.17, 15) is 13.8 Å². The van der Waals surface area contributed by atoms with Gasteiger partial charge in [0.15, 0.2) is 0 Å². The first-order chi connectivity index (χ1) is 8.49. The molecular formula is C12H15NO4S. The Balaban J connectivity index is 2.56. The average Bonchev–Trinajstić information content (AvgIpc) is 2.28. The molecule has 5 nitrogen and oxygen atoms in total. The predicted octanol–water partition coefficient (Wildman–Crippen LogP) is 0.525. The number of hydrogen-bond donors (Lipinski definition) is 2. The van der Waals surface area contributed by atoms with Crippen LogP contribution in [-0.4, -0.2) is 33.0 Å². The van der Waals surface area contributed by atoms with Crippen LogP contribution >= 0.6 is 0 Å². The normalized spacial score (nSPS) is 13.6. The van der Waals surface area contributed by atoms with Gasteiger partial charge >= 0.3 is 5.97 Å². The molecule has 0 bridgehead atoms. The maximum Gasteiger partial charge on any atom is 0.327 e. The number of hydrogen-bond acceptors (Lipinski definition) is 3. The summed E-state index contributed by atoms with van der Waals surface area (Å²) in [6.07, 6.45) is 0. The first kappa shape index (κ1) is 14.4. The van der Waals surface area contributed by atoms with E-state index in [-0.39, 0.29) is 11.5 Å². The molecule has 0 saturated carbocycles. The predicted molar refractivity (Wildman–Crippen MR) is 68.4 cm³/mol. The number of carbonyl (C=O) groups is 2. The zero-order chi connectivity index (χ0) is 13.5. The van der Waals surface area contributed by atoms with Gasteiger partial charge in [-0.05, 0) is 5.56 Å². The minimum absolute atomic E-state index is 0.0934. The van der Waals surface area contributed by atoms with Crippen LogP contribution in [0.15, 0.2) is 30.3 Å². The van der Waals surface area contributed by atoms with Gasteiger partial charge in [0.1, 0.15) is 6.04 Å².